The van der Waals surface area contributed by atoms with Gasteiger partial charge in [0, 0.05) is 0 Å². The summed E-state index contributed by atoms with van der Waals surface area (Å²) in [6, 6.07) is 0. The Morgan fingerprint density at radius 1 is 1.36 bits per heavy atom. The van der Waals surface area contributed by atoms with Crippen molar-refractivity contribution >= 4 is 0 Å². The third-order valence-electron chi connectivity index (χ3n) is 2.22. The maximum atomic E-state index is 9.43. The minimum atomic E-state index is -0.132. The third kappa shape index (κ3) is 1.43. The van der Waals surface area contributed by atoms with Gasteiger partial charge in [0.1, 0.15) is 0 Å². The highest BCUT2D eigenvalue weighted by Gasteiger charge is 2.17. The molecular formula is C10H12O. The number of hydrogen-bond donors (Lipinski definition) is 1. The van der Waals surface area contributed by atoms with E-state index in [2.05, 4.69) is 24.3 Å². The Morgan fingerprint density at radius 2 is 2.27 bits per heavy atom. The molecule has 1 nitrogen and oxygen atoms in total. The number of allylic oxidation sites excluding steroid dienone is 5. The summed E-state index contributed by atoms with van der Waals surface area (Å²) >= 11 is 0. The van der Waals surface area contributed by atoms with Crippen molar-refractivity contribution in [3.8, 4) is 0 Å². The van der Waals surface area contributed by atoms with Gasteiger partial charge in [0.2, 0.25) is 0 Å². The lowest BCUT2D eigenvalue weighted by Crippen LogP contribution is -2.16. The van der Waals surface area contributed by atoms with Crippen LogP contribution in [0.25, 0.3) is 0 Å². The summed E-state index contributed by atoms with van der Waals surface area (Å²) in [6.45, 7) is 0. The van der Waals surface area contributed by atoms with Crippen LogP contribution >= 0.6 is 0 Å². The third-order valence-corrected chi connectivity index (χ3v) is 2.22. The smallest absolute Gasteiger partial charge is 0.0589 e. The maximum Gasteiger partial charge on any atom is 0.0589 e. The van der Waals surface area contributed by atoms with Crippen LogP contribution in [0.5, 0.6) is 0 Å². The highest BCUT2D eigenvalue weighted by atomic mass is 16.3. The summed E-state index contributed by atoms with van der Waals surface area (Å²) in [4.78, 5) is 0. The fraction of sp³-hybridized carbons (Fsp3) is 0.400. The zero-order chi connectivity index (χ0) is 7.68. The molecule has 11 heavy (non-hydrogen) atoms. The summed E-state index contributed by atoms with van der Waals surface area (Å²) in [5.74, 6) is 0.462. The van der Waals surface area contributed by atoms with E-state index in [0.717, 1.165) is 12.8 Å². The lowest BCUT2D eigenvalue weighted by molar-refractivity contribution is 0.151. The van der Waals surface area contributed by atoms with Gasteiger partial charge in [-0.05, 0) is 24.3 Å². The molecule has 0 saturated carbocycles. The van der Waals surface area contributed by atoms with E-state index in [1.165, 1.54) is 5.57 Å². The quantitative estimate of drug-likeness (QED) is 0.555. The number of rotatable bonds is 0. The standard InChI is InChI=1S/C10H12O/c11-10-6-8-3-1-2-4-9(5-8)7-10/h1-5,8,10-11H,6-7H2. The Bertz CT molecular complexity index is 235. The number of fused-ring (bicyclic) bond motifs is 1. The van der Waals surface area contributed by atoms with Crippen LogP contribution in [0.3, 0.4) is 0 Å². The molecule has 0 aromatic rings. The molecule has 0 aromatic carbocycles. The van der Waals surface area contributed by atoms with E-state index < -0.39 is 0 Å². The Hall–Kier alpha value is -0.820. The van der Waals surface area contributed by atoms with Gasteiger partial charge in [0.25, 0.3) is 0 Å². The number of aliphatic hydroxyl groups is 1. The zero-order valence-electron chi connectivity index (χ0n) is 6.40. The normalized spacial score (nSPS) is 34.8. The molecule has 2 aliphatic rings. The molecule has 2 rings (SSSR count). The molecule has 2 unspecified atom stereocenters. The van der Waals surface area contributed by atoms with Crippen molar-refractivity contribution in [2.24, 2.45) is 5.92 Å². The van der Waals surface area contributed by atoms with Crippen molar-refractivity contribution < 1.29 is 5.11 Å². The number of aliphatic hydroxyl groups excluding tert-OH is 1. The Balaban J connectivity index is 2.27. The molecule has 0 spiro atoms. The molecule has 2 atom stereocenters. The van der Waals surface area contributed by atoms with Gasteiger partial charge in [0.15, 0.2) is 0 Å². The lowest BCUT2D eigenvalue weighted by atomic mass is 9.89. The predicted octanol–water partition coefficient (Wildman–Crippen LogP) is 1.81. The summed E-state index contributed by atoms with van der Waals surface area (Å²) in [7, 11) is 0. The van der Waals surface area contributed by atoms with E-state index in [1.54, 1.807) is 0 Å². The van der Waals surface area contributed by atoms with Crippen molar-refractivity contribution in [2.45, 2.75) is 18.9 Å². The minimum absolute atomic E-state index is 0.132. The molecule has 0 aliphatic heterocycles. The topological polar surface area (TPSA) is 20.2 Å². The minimum Gasteiger partial charge on any atom is -0.393 e. The second kappa shape index (κ2) is 2.67. The fourth-order valence-corrected chi connectivity index (χ4v) is 1.72. The average Bonchev–Trinajstić information content (AvgIpc) is 2.11. The van der Waals surface area contributed by atoms with Crippen LogP contribution < -0.4 is 0 Å². The largest absolute Gasteiger partial charge is 0.393 e. The Kier molecular flexibility index (Phi) is 1.66. The summed E-state index contributed by atoms with van der Waals surface area (Å²) < 4.78 is 0. The average molecular weight is 148 g/mol. The van der Waals surface area contributed by atoms with Gasteiger partial charge < -0.3 is 5.11 Å². The van der Waals surface area contributed by atoms with E-state index in [9.17, 15) is 5.11 Å². The van der Waals surface area contributed by atoms with Crippen molar-refractivity contribution in [1.29, 1.82) is 0 Å². The van der Waals surface area contributed by atoms with Gasteiger partial charge in [-0.15, -0.1) is 0 Å². The molecule has 2 bridgehead atoms. The first-order valence-corrected chi connectivity index (χ1v) is 4.08. The van der Waals surface area contributed by atoms with Crippen LogP contribution in [-0.4, -0.2) is 11.2 Å². The van der Waals surface area contributed by atoms with Crippen molar-refractivity contribution in [3.63, 3.8) is 0 Å². The van der Waals surface area contributed by atoms with Gasteiger partial charge in [-0.1, -0.05) is 30.4 Å². The van der Waals surface area contributed by atoms with Crippen LogP contribution in [-0.2, 0) is 0 Å². The Morgan fingerprint density at radius 3 is 3.18 bits per heavy atom. The van der Waals surface area contributed by atoms with E-state index in [-0.39, 0.29) is 6.10 Å². The van der Waals surface area contributed by atoms with Crippen LogP contribution in [0, 0.1) is 5.92 Å². The van der Waals surface area contributed by atoms with E-state index in [0.29, 0.717) is 5.92 Å². The van der Waals surface area contributed by atoms with Crippen LogP contribution in [0.4, 0.5) is 0 Å². The second-order valence-corrected chi connectivity index (χ2v) is 3.24. The molecule has 2 aliphatic carbocycles. The zero-order valence-corrected chi connectivity index (χ0v) is 6.40. The molecule has 0 radical (unpaired) electrons. The fourth-order valence-electron chi connectivity index (χ4n) is 1.72. The van der Waals surface area contributed by atoms with Crippen molar-refractivity contribution in [1.82, 2.24) is 0 Å². The molecule has 0 aromatic heterocycles. The molecule has 1 N–H and O–H groups in total. The van der Waals surface area contributed by atoms with Crippen molar-refractivity contribution in [2.75, 3.05) is 0 Å². The molecular weight excluding hydrogens is 136 g/mol. The first kappa shape index (κ1) is 6.86. The molecule has 0 amide bonds. The van der Waals surface area contributed by atoms with Crippen LogP contribution in [0.15, 0.2) is 36.0 Å². The highest BCUT2D eigenvalue weighted by molar-refractivity contribution is 5.30. The first-order chi connectivity index (χ1) is 5.34. The monoisotopic (exact) mass is 148 g/mol. The molecule has 1 heteroatoms. The van der Waals surface area contributed by atoms with Gasteiger partial charge in [0.05, 0.1) is 6.10 Å². The highest BCUT2D eigenvalue weighted by Crippen LogP contribution is 2.26. The van der Waals surface area contributed by atoms with E-state index >= 15 is 0 Å². The molecule has 58 valence electrons. The first-order valence-electron chi connectivity index (χ1n) is 4.08. The lowest BCUT2D eigenvalue weighted by Gasteiger charge is -2.20. The summed E-state index contributed by atoms with van der Waals surface area (Å²) in [6.07, 6.45) is 12.2. The van der Waals surface area contributed by atoms with E-state index in [4.69, 9.17) is 0 Å². The van der Waals surface area contributed by atoms with Crippen LogP contribution in [0.1, 0.15) is 12.8 Å². The summed E-state index contributed by atoms with van der Waals surface area (Å²) in [5.41, 5.74) is 1.28. The van der Waals surface area contributed by atoms with Gasteiger partial charge in [-0.2, -0.15) is 0 Å². The second-order valence-electron chi connectivity index (χ2n) is 3.24. The van der Waals surface area contributed by atoms with Crippen LogP contribution in [0.2, 0.25) is 0 Å². The maximum absolute atomic E-state index is 9.43. The number of hydrogen-bond acceptors (Lipinski definition) is 1. The van der Waals surface area contributed by atoms with Crippen molar-refractivity contribution in [3.05, 3.63) is 36.0 Å². The molecule has 0 saturated heterocycles. The van der Waals surface area contributed by atoms with Gasteiger partial charge in [-0.25, -0.2) is 0 Å². The predicted molar refractivity (Wildman–Crippen MR) is 45.1 cm³/mol. The van der Waals surface area contributed by atoms with Gasteiger partial charge in [-0.3, -0.25) is 0 Å². The summed E-state index contributed by atoms with van der Waals surface area (Å²) in [5, 5.41) is 9.43. The molecule has 0 heterocycles. The SMILES string of the molecule is OC1CC2=CC(C=CC=C2)C1. The molecule has 0 fully saturated rings. The van der Waals surface area contributed by atoms with Gasteiger partial charge >= 0.3 is 0 Å². The Labute approximate surface area is 66.7 Å². The van der Waals surface area contributed by atoms with E-state index in [1.807, 2.05) is 6.08 Å².